The Morgan fingerprint density at radius 3 is 3.06 bits per heavy atom. The fourth-order valence-corrected chi connectivity index (χ4v) is 2.18. The van der Waals surface area contributed by atoms with Gasteiger partial charge in [0.05, 0.1) is 6.26 Å². The maximum absolute atomic E-state index is 10.4. The fourth-order valence-electron chi connectivity index (χ4n) is 2.18. The minimum absolute atomic E-state index is 0.643. The standard InChI is InChI=1S/C14H14N2O2/c1-2-16-8-7-15-14(16)13(17)11-9-18-12-6-4-3-5-10(11)12/h3-9,13,17H,2H2,1H3. The van der Waals surface area contributed by atoms with E-state index in [4.69, 9.17) is 4.42 Å². The van der Waals surface area contributed by atoms with Crippen LogP contribution in [0.15, 0.2) is 47.3 Å². The third-order valence-corrected chi connectivity index (χ3v) is 3.14. The van der Waals surface area contributed by atoms with E-state index in [1.165, 1.54) is 0 Å². The fraction of sp³-hybridized carbons (Fsp3) is 0.214. The summed E-state index contributed by atoms with van der Waals surface area (Å²) in [4.78, 5) is 4.22. The Labute approximate surface area is 104 Å². The van der Waals surface area contributed by atoms with E-state index in [0.717, 1.165) is 23.1 Å². The Kier molecular flexibility index (Phi) is 2.64. The summed E-state index contributed by atoms with van der Waals surface area (Å²) in [5.41, 5.74) is 1.53. The van der Waals surface area contributed by atoms with Crippen molar-refractivity contribution >= 4 is 11.0 Å². The van der Waals surface area contributed by atoms with Gasteiger partial charge in [-0.25, -0.2) is 4.98 Å². The van der Waals surface area contributed by atoms with E-state index in [2.05, 4.69) is 4.98 Å². The number of imidazole rings is 1. The zero-order chi connectivity index (χ0) is 12.5. The van der Waals surface area contributed by atoms with Crippen LogP contribution in [0.1, 0.15) is 24.4 Å². The third kappa shape index (κ3) is 1.62. The molecule has 1 N–H and O–H groups in total. The number of aliphatic hydroxyl groups is 1. The number of aryl methyl sites for hydroxylation is 1. The predicted octanol–water partition coefficient (Wildman–Crippen LogP) is 2.73. The molecule has 0 aliphatic heterocycles. The molecule has 4 nitrogen and oxygen atoms in total. The number of fused-ring (bicyclic) bond motifs is 1. The first-order valence-corrected chi connectivity index (χ1v) is 5.96. The van der Waals surface area contributed by atoms with Gasteiger partial charge in [0.25, 0.3) is 0 Å². The highest BCUT2D eigenvalue weighted by Gasteiger charge is 2.20. The molecule has 0 aliphatic rings. The molecule has 1 unspecified atom stereocenters. The van der Waals surface area contributed by atoms with E-state index in [1.54, 1.807) is 12.5 Å². The first-order chi connectivity index (χ1) is 8.81. The van der Waals surface area contributed by atoms with Crippen LogP contribution in [0.5, 0.6) is 0 Å². The Balaban J connectivity index is 2.09. The highest BCUT2D eigenvalue weighted by Crippen LogP contribution is 2.29. The van der Waals surface area contributed by atoms with Crippen LogP contribution in [0.2, 0.25) is 0 Å². The summed E-state index contributed by atoms with van der Waals surface area (Å²) in [5, 5.41) is 11.4. The Morgan fingerprint density at radius 2 is 2.22 bits per heavy atom. The average molecular weight is 242 g/mol. The van der Waals surface area contributed by atoms with Crippen molar-refractivity contribution in [2.24, 2.45) is 0 Å². The van der Waals surface area contributed by atoms with Crippen LogP contribution < -0.4 is 0 Å². The molecule has 0 amide bonds. The minimum Gasteiger partial charge on any atom is -0.464 e. The summed E-state index contributed by atoms with van der Waals surface area (Å²) in [7, 11) is 0. The molecule has 18 heavy (non-hydrogen) atoms. The number of aromatic nitrogens is 2. The number of furan rings is 1. The van der Waals surface area contributed by atoms with Crippen LogP contribution in [-0.4, -0.2) is 14.7 Å². The van der Waals surface area contributed by atoms with E-state index < -0.39 is 6.10 Å². The molecule has 0 spiro atoms. The molecule has 2 heterocycles. The quantitative estimate of drug-likeness (QED) is 0.768. The second-order valence-electron chi connectivity index (χ2n) is 4.16. The van der Waals surface area contributed by atoms with Crippen LogP contribution in [0.25, 0.3) is 11.0 Å². The molecular weight excluding hydrogens is 228 g/mol. The van der Waals surface area contributed by atoms with Gasteiger partial charge in [0.1, 0.15) is 17.5 Å². The van der Waals surface area contributed by atoms with Crippen LogP contribution >= 0.6 is 0 Å². The smallest absolute Gasteiger partial charge is 0.142 e. The Hall–Kier alpha value is -2.07. The summed E-state index contributed by atoms with van der Waals surface area (Å²) >= 11 is 0. The van der Waals surface area contributed by atoms with E-state index in [9.17, 15) is 5.11 Å². The lowest BCUT2D eigenvalue weighted by Gasteiger charge is -2.10. The van der Waals surface area contributed by atoms with Gasteiger partial charge in [0.2, 0.25) is 0 Å². The van der Waals surface area contributed by atoms with Crippen molar-refractivity contribution in [2.75, 3.05) is 0 Å². The van der Waals surface area contributed by atoms with Crippen molar-refractivity contribution in [3.63, 3.8) is 0 Å². The molecule has 4 heteroatoms. The van der Waals surface area contributed by atoms with Crippen molar-refractivity contribution in [1.82, 2.24) is 9.55 Å². The topological polar surface area (TPSA) is 51.2 Å². The van der Waals surface area contributed by atoms with Crippen molar-refractivity contribution in [3.05, 3.63) is 54.3 Å². The number of nitrogens with zero attached hydrogens (tertiary/aromatic N) is 2. The van der Waals surface area contributed by atoms with E-state index in [-0.39, 0.29) is 0 Å². The summed E-state index contributed by atoms with van der Waals surface area (Å²) in [6.45, 7) is 2.80. The van der Waals surface area contributed by atoms with Gasteiger partial charge >= 0.3 is 0 Å². The van der Waals surface area contributed by atoms with Gasteiger partial charge < -0.3 is 14.1 Å². The van der Waals surface area contributed by atoms with E-state index in [1.807, 2.05) is 42.0 Å². The van der Waals surface area contributed by atoms with Crippen molar-refractivity contribution in [3.8, 4) is 0 Å². The monoisotopic (exact) mass is 242 g/mol. The van der Waals surface area contributed by atoms with Crippen LogP contribution in [-0.2, 0) is 6.54 Å². The first kappa shape index (κ1) is 11.0. The van der Waals surface area contributed by atoms with E-state index >= 15 is 0 Å². The molecular formula is C14H14N2O2. The highest BCUT2D eigenvalue weighted by atomic mass is 16.3. The number of para-hydroxylation sites is 1. The van der Waals surface area contributed by atoms with Crippen molar-refractivity contribution in [1.29, 1.82) is 0 Å². The maximum Gasteiger partial charge on any atom is 0.142 e. The van der Waals surface area contributed by atoms with Crippen LogP contribution in [0.4, 0.5) is 0 Å². The van der Waals surface area contributed by atoms with Crippen molar-refractivity contribution < 1.29 is 9.52 Å². The van der Waals surface area contributed by atoms with Gasteiger partial charge in [-0.2, -0.15) is 0 Å². The molecule has 1 atom stereocenters. The lowest BCUT2D eigenvalue weighted by molar-refractivity contribution is 0.205. The highest BCUT2D eigenvalue weighted by molar-refractivity contribution is 5.81. The maximum atomic E-state index is 10.4. The molecule has 0 saturated carbocycles. The number of hydrogen-bond donors (Lipinski definition) is 1. The number of hydrogen-bond acceptors (Lipinski definition) is 3. The van der Waals surface area contributed by atoms with Gasteiger partial charge in [-0.15, -0.1) is 0 Å². The zero-order valence-electron chi connectivity index (χ0n) is 10.1. The molecule has 2 aromatic heterocycles. The van der Waals surface area contributed by atoms with Gasteiger partial charge in [-0.05, 0) is 13.0 Å². The lowest BCUT2D eigenvalue weighted by atomic mass is 10.1. The molecule has 3 aromatic rings. The minimum atomic E-state index is -0.761. The SMILES string of the molecule is CCn1ccnc1C(O)c1coc2ccccc12. The van der Waals surface area contributed by atoms with Crippen LogP contribution in [0.3, 0.4) is 0 Å². The molecule has 3 rings (SSSR count). The Morgan fingerprint density at radius 1 is 1.39 bits per heavy atom. The molecule has 92 valence electrons. The average Bonchev–Trinajstić information content (AvgIpc) is 3.04. The first-order valence-electron chi connectivity index (χ1n) is 5.96. The van der Waals surface area contributed by atoms with Gasteiger partial charge in [-0.3, -0.25) is 0 Å². The predicted molar refractivity (Wildman–Crippen MR) is 68.2 cm³/mol. The summed E-state index contributed by atoms with van der Waals surface area (Å²) in [6, 6.07) is 7.67. The summed E-state index contributed by atoms with van der Waals surface area (Å²) < 4.78 is 7.37. The van der Waals surface area contributed by atoms with Gasteiger partial charge in [-0.1, -0.05) is 18.2 Å². The molecule has 0 aliphatic carbocycles. The molecule has 0 fully saturated rings. The number of aliphatic hydroxyl groups excluding tert-OH is 1. The largest absolute Gasteiger partial charge is 0.464 e. The number of benzene rings is 1. The van der Waals surface area contributed by atoms with Crippen molar-refractivity contribution in [2.45, 2.75) is 19.6 Å². The number of rotatable bonds is 3. The second-order valence-corrected chi connectivity index (χ2v) is 4.16. The zero-order valence-corrected chi connectivity index (χ0v) is 10.1. The molecule has 0 saturated heterocycles. The summed E-state index contributed by atoms with van der Waals surface area (Å²) in [6.07, 6.45) is 4.40. The lowest BCUT2D eigenvalue weighted by Crippen LogP contribution is -2.08. The second kappa shape index (κ2) is 4.31. The molecule has 0 bridgehead atoms. The van der Waals surface area contributed by atoms with E-state index in [0.29, 0.717) is 5.82 Å². The van der Waals surface area contributed by atoms with Crippen LogP contribution in [0, 0.1) is 0 Å². The third-order valence-electron chi connectivity index (χ3n) is 3.14. The molecule has 0 radical (unpaired) electrons. The Bertz CT molecular complexity index is 669. The van der Waals surface area contributed by atoms with Gasteiger partial charge in [0.15, 0.2) is 0 Å². The normalized spacial score (nSPS) is 13.0. The summed E-state index contributed by atoms with van der Waals surface area (Å²) in [5.74, 6) is 0.643. The van der Waals surface area contributed by atoms with Gasteiger partial charge in [0, 0.05) is 29.9 Å². The molecule has 1 aromatic carbocycles.